The first-order valence-electron chi connectivity index (χ1n) is 4.29. The van der Waals surface area contributed by atoms with Crippen LogP contribution in [-0.2, 0) is 6.42 Å². The molecule has 3 heteroatoms. The van der Waals surface area contributed by atoms with E-state index < -0.39 is 0 Å². The third-order valence-corrected chi connectivity index (χ3v) is 2.06. The van der Waals surface area contributed by atoms with Crippen molar-refractivity contribution in [3.05, 3.63) is 41.5 Å². The van der Waals surface area contributed by atoms with Crippen LogP contribution in [0, 0.1) is 5.21 Å². The van der Waals surface area contributed by atoms with Crippen molar-refractivity contribution in [1.82, 2.24) is 4.98 Å². The summed E-state index contributed by atoms with van der Waals surface area (Å²) < 4.78 is 0.898. The maximum atomic E-state index is 11.6. The number of para-hydroxylation sites is 1. The van der Waals surface area contributed by atoms with Crippen LogP contribution in [0.3, 0.4) is 0 Å². The van der Waals surface area contributed by atoms with Crippen LogP contribution in [-0.4, -0.2) is 4.98 Å². The van der Waals surface area contributed by atoms with E-state index in [2.05, 4.69) is 4.98 Å². The first-order chi connectivity index (χ1) is 6.33. The van der Waals surface area contributed by atoms with Gasteiger partial charge in [-0.3, -0.25) is 0 Å². The van der Waals surface area contributed by atoms with Crippen LogP contribution in [0.25, 0.3) is 10.9 Å². The molecule has 0 saturated carbocycles. The number of hydrogen-bond donors (Lipinski definition) is 0. The molecule has 0 saturated heterocycles. The minimum absolute atomic E-state index is 0.568. The molecule has 3 nitrogen and oxygen atoms in total. The Balaban J connectivity index is 2.79. The molecule has 0 spiro atoms. The molecule has 1 aromatic heterocycles. The van der Waals surface area contributed by atoms with E-state index in [9.17, 15) is 5.21 Å². The number of rotatable bonds is 1. The van der Waals surface area contributed by atoms with Gasteiger partial charge in [0.05, 0.1) is 11.8 Å². The second-order valence-corrected chi connectivity index (χ2v) is 2.88. The minimum atomic E-state index is 0.568. The van der Waals surface area contributed by atoms with Gasteiger partial charge in [-0.1, -0.05) is 24.0 Å². The zero-order valence-electron chi connectivity index (χ0n) is 7.40. The topological polar surface area (TPSA) is 39.8 Å². The lowest BCUT2D eigenvalue weighted by Crippen LogP contribution is -2.33. The first kappa shape index (κ1) is 7.98. The summed E-state index contributed by atoms with van der Waals surface area (Å²) in [4.78, 5) is 4.08. The van der Waals surface area contributed by atoms with Gasteiger partial charge >= 0.3 is 5.82 Å². The third kappa shape index (κ3) is 1.22. The molecule has 0 amide bonds. The summed E-state index contributed by atoms with van der Waals surface area (Å²) in [7, 11) is 0. The molecule has 0 radical (unpaired) electrons. The normalized spacial score (nSPS) is 10.5. The van der Waals surface area contributed by atoms with E-state index in [4.69, 9.17) is 0 Å². The van der Waals surface area contributed by atoms with Crippen LogP contribution in [0.15, 0.2) is 30.5 Å². The van der Waals surface area contributed by atoms with Crippen LogP contribution in [0.2, 0.25) is 0 Å². The smallest absolute Gasteiger partial charge is 0.301 e. The van der Waals surface area contributed by atoms with Gasteiger partial charge < -0.3 is 5.21 Å². The number of nitrogens with zero attached hydrogens (tertiary/aromatic N) is 2. The molecule has 1 heterocycles. The van der Waals surface area contributed by atoms with Gasteiger partial charge in [0.25, 0.3) is 0 Å². The van der Waals surface area contributed by atoms with Gasteiger partial charge in [-0.15, -0.1) is 0 Å². The molecule has 2 aromatic rings. The van der Waals surface area contributed by atoms with Crippen molar-refractivity contribution in [2.24, 2.45) is 0 Å². The molecule has 0 atom stereocenters. The van der Waals surface area contributed by atoms with Gasteiger partial charge in [0, 0.05) is 0 Å². The minimum Gasteiger partial charge on any atom is -0.710 e. The van der Waals surface area contributed by atoms with Crippen LogP contribution in [0.1, 0.15) is 12.7 Å². The fraction of sp³-hybridized carbons (Fsp3) is 0.200. The zero-order valence-corrected chi connectivity index (χ0v) is 7.40. The summed E-state index contributed by atoms with van der Waals surface area (Å²) in [5, 5.41) is 12.5. The van der Waals surface area contributed by atoms with E-state index in [-0.39, 0.29) is 0 Å². The quantitative estimate of drug-likeness (QED) is 0.484. The number of hydrogen-bond acceptors (Lipinski definition) is 2. The molecule has 0 bridgehead atoms. The lowest BCUT2D eigenvalue weighted by molar-refractivity contribution is -0.589. The highest BCUT2D eigenvalue weighted by atomic mass is 16.5. The second kappa shape index (κ2) is 3.01. The number of aromatic nitrogens is 2. The van der Waals surface area contributed by atoms with Gasteiger partial charge in [-0.05, 0) is 12.1 Å². The molecular formula is C10H10N2O. The molecule has 0 aliphatic rings. The standard InChI is InChI=1S/C10H10N2O/c1-2-10-11-7-8-5-3-4-6-9(8)12(10)13/h3-7H,2H2,1H3. The van der Waals surface area contributed by atoms with Crippen molar-refractivity contribution in [2.45, 2.75) is 13.3 Å². The highest BCUT2D eigenvalue weighted by molar-refractivity contribution is 5.74. The van der Waals surface area contributed by atoms with Crippen LogP contribution in [0.4, 0.5) is 0 Å². The number of benzene rings is 1. The van der Waals surface area contributed by atoms with Crippen molar-refractivity contribution in [3.8, 4) is 0 Å². The number of fused-ring (bicyclic) bond motifs is 1. The van der Waals surface area contributed by atoms with Crippen LogP contribution < -0.4 is 4.73 Å². The van der Waals surface area contributed by atoms with Gasteiger partial charge in [-0.2, -0.15) is 0 Å². The van der Waals surface area contributed by atoms with Crippen molar-refractivity contribution in [1.29, 1.82) is 0 Å². The molecule has 2 rings (SSSR count). The summed E-state index contributed by atoms with van der Waals surface area (Å²) in [6.07, 6.45) is 2.40. The average molecular weight is 174 g/mol. The third-order valence-electron chi connectivity index (χ3n) is 2.06. The molecule has 66 valence electrons. The Morgan fingerprint density at radius 3 is 2.92 bits per heavy atom. The molecule has 0 fully saturated rings. The van der Waals surface area contributed by atoms with E-state index in [1.54, 1.807) is 6.20 Å². The van der Waals surface area contributed by atoms with Gasteiger partial charge in [-0.25, -0.2) is 4.73 Å². The summed E-state index contributed by atoms with van der Waals surface area (Å²) >= 11 is 0. The Bertz CT molecular complexity index is 440. The van der Waals surface area contributed by atoms with Crippen molar-refractivity contribution in [2.75, 3.05) is 0 Å². The van der Waals surface area contributed by atoms with E-state index in [1.807, 2.05) is 31.2 Å². The summed E-state index contributed by atoms with van der Waals surface area (Å²) in [5.74, 6) is 0.568. The molecule has 0 N–H and O–H groups in total. The largest absolute Gasteiger partial charge is 0.710 e. The Morgan fingerprint density at radius 1 is 1.38 bits per heavy atom. The Morgan fingerprint density at radius 2 is 2.15 bits per heavy atom. The molecule has 0 aliphatic carbocycles. The lowest BCUT2D eigenvalue weighted by Gasteiger charge is -2.07. The highest BCUT2D eigenvalue weighted by Gasteiger charge is 2.07. The molecule has 1 aromatic carbocycles. The Hall–Kier alpha value is -1.64. The van der Waals surface area contributed by atoms with Crippen LogP contribution in [0.5, 0.6) is 0 Å². The van der Waals surface area contributed by atoms with E-state index in [0.29, 0.717) is 17.8 Å². The Kier molecular flexibility index (Phi) is 1.85. The van der Waals surface area contributed by atoms with Gasteiger partial charge in [0.1, 0.15) is 5.52 Å². The van der Waals surface area contributed by atoms with Crippen molar-refractivity contribution < 1.29 is 4.73 Å². The molecule has 0 aliphatic heterocycles. The van der Waals surface area contributed by atoms with Gasteiger partial charge in [0.15, 0.2) is 6.20 Å². The predicted octanol–water partition coefficient (Wildman–Crippen LogP) is 1.43. The highest BCUT2D eigenvalue weighted by Crippen LogP contribution is 2.07. The van der Waals surface area contributed by atoms with E-state index in [1.165, 1.54) is 0 Å². The zero-order chi connectivity index (χ0) is 9.26. The average Bonchev–Trinajstić information content (AvgIpc) is 2.19. The molecule has 0 unspecified atom stereocenters. The van der Waals surface area contributed by atoms with Crippen molar-refractivity contribution in [3.63, 3.8) is 0 Å². The second-order valence-electron chi connectivity index (χ2n) is 2.88. The molecular weight excluding hydrogens is 164 g/mol. The number of aryl methyl sites for hydroxylation is 1. The SMILES string of the molecule is CCc1ncc2ccccc2[n+]1[O-]. The molecule has 13 heavy (non-hydrogen) atoms. The fourth-order valence-electron chi connectivity index (χ4n) is 1.35. The lowest BCUT2D eigenvalue weighted by atomic mass is 10.2. The monoisotopic (exact) mass is 174 g/mol. The Labute approximate surface area is 76.2 Å². The summed E-state index contributed by atoms with van der Waals surface area (Å²) in [5.41, 5.74) is 0.689. The summed E-state index contributed by atoms with van der Waals surface area (Å²) in [6, 6.07) is 7.45. The van der Waals surface area contributed by atoms with Crippen LogP contribution >= 0.6 is 0 Å². The summed E-state index contributed by atoms with van der Waals surface area (Å²) in [6.45, 7) is 1.92. The van der Waals surface area contributed by atoms with E-state index in [0.717, 1.165) is 10.1 Å². The predicted molar refractivity (Wildman–Crippen MR) is 50.1 cm³/mol. The maximum Gasteiger partial charge on any atom is 0.301 e. The fourth-order valence-corrected chi connectivity index (χ4v) is 1.35. The van der Waals surface area contributed by atoms with Crippen molar-refractivity contribution >= 4 is 10.9 Å². The first-order valence-corrected chi connectivity index (χ1v) is 4.29. The van der Waals surface area contributed by atoms with E-state index >= 15 is 0 Å². The van der Waals surface area contributed by atoms with Gasteiger partial charge in [0.2, 0.25) is 0 Å². The maximum absolute atomic E-state index is 11.6.